The Morgan fingerprint density at radius 3 is 2.15 bits per heavy atom. The number of hydrogen-bond donors (Lipinski definition) is 1. The van der Waals surface area contributed by atoms with Crippen LogP contribution in [-0.2, 0) is 9.59 Å². The Bertz CT molecular complexity index is 1210. The van der Waals surface area contributed by atoms with Crippen LogP contribution in [-0.4, -0.2) is 18.4 Å². The summed E-state index contributed by atoms with van der Waals surface area (Å²) < 4.78 is 5.78. The number of amides is 2. The van der Waals surface area contributed by atoms with Crippen LogP contribution in [0.25, 0.3) is 5.57 Å². The summed E-state index contributed by atoms with van der Waals surface area (Å²) in [6, 6.07) is 22.4. The maximum atomic E-state index is 13.6. The molecular formula is C28H28N2O3. The van der Waals surface area contributed by atoms with E-state index >= 15 is 0 Å². The summed E-state index contributed by atoms with van der Waals surface area (Å²) >= 11 is 0. The van der Waals surface area contributed by atoms with Crippen molar-refractivity contribution in [3.8, 4) is 5.75 Å². The van der Waals surface area contributed by atoms with Gasteiger partial charge in [-0.1, -0.05) is 61.9 Å². The monoisotopic (exact) mass is 440 g/mol. The zero-order valence-electron chi connectivity index (χ0n) is 19.4. The minimum Gasteiger partial charge on any atom is -0.493 e. The lowest BCUT2D eigenvalue weighted by Crippen LogP contribution is -2.32. The van der Waals surface area contributed by atoms with E-state index in [1.807, 2.05) is 74.5 Å². The second-order valence-electron chi connectivity index (χ2n) is 8.70. The molecule has 0 spiro atoms. The van der Waals surface area contributed by atoms with Gasteiger partial charge in [0.15, 0.2) is 0 Å². The quantitative estimate of drug-likeness (QED) is 0.476. The van der Waals surface area contributed by atoms with Gasteiger partial charge in [-0.15, -0.1) is 0 Å². The molecule has 168 valence electrons. The highest BCUT2D eigenvalue weighted by Crippen LogP contribution is 2.35. The largest absolute Gasteiger partial charge is 0.493 e. The van der Waals surface area contributed by atoms with Gasteiger partial charge in [0.1, 0.15) is 11.4 Å². The number of ether oxygens (including phenoxy) is 1. The zero-order chi connectivity index (χ0) is 23.5. The summed E-state index contributed by atoms with van der Waals surface area (Å²) in [7, 11) is 0. The van der Waals surface area contributed by atoms with Gasteiger partial charge < -0.3 is 10.1 Å². The Morgan fingerprint density at radius 2 is 1.52 bits per heavy atom. The van der Waals surface area contributed by atoms with Crippen LogP contribution in [0.5, 0.6) is 5.75 Å². The number of nitrogens with zero attached hydrogens (tertiary/aromatic N) is 1. The third-order valence-corrected chi connectivity index (χ3v) is 5.51. The standard InChI is InChI=1S/C28H28N2O3/c1-18(2)17-33-23-15-11-21(12-16-23)25-26(29-24-8-6-5-7-20(24)4)28(32)30(27(25)31)22-13-9-19(3)10-14-22/h5-16,18,29H,17H2,1-4H3. The lowest BCUT2D eigenvalue weighted by atomic mass is 10.0. The van der Waals surface area contributed by atoms with Crippen LogP contribution in [0.1, 0.15) is 30.5 Å². The molecule has 0 fully saturated rings. The zero-order valence-corrected chi connectivity index (χ0v) is 19.4. The molecule has 33 heavy (non-hydrogen) atoms. The Balaban J connectivity index is 1.75. The average molecular weight is 441 g/mol. The van der Waals surface area contributed by atoms with Gasteiger partial charge in [0, 0.05) is 5.69 Å². The van der Waals surface area contributed by atoms with Crippen LogP contribution in [0.2, 0.25) is 0 Å². The molecule has 0 bridgehead atoms. The average Bonchev–Trinajstić information content (AvgIpc) is 3.04. The number of anilines is 2. The van der Waals surface area contributed by atoms with Crippen LogP contribution in [0, 0.1) is 19.8 Å². The van der Waals surface area contributed by atoms with Gasteiger partial charge in [0.2, 0.25) is 0 Å². The molecule has 4 rings (SSSR count). The number of rotatable bonds is 7. The molecular weight excluding hydrogens is 412 g/mol. The van der Waals surface area contributed by atoms with E-state index in [4.69, 9.17) is 4.74 Å². The fourth-order valence-corrected chi connectivity index (χ4v) is 3.67. The molecule has 0 aromatic heterocycles. The van der Waals surface area contributed by atoms with Crippen molar-refractivity contribution >= 4 is 28.8 Å². The predicted molar refractivity (Wildman–Crippen MR) is 132 cm³/mol. The minimum absolute atomic E-state index is 0.269. The van der Waals surface area contributed by atoms with E-state index in [0.29, 0.717) is 29.3 Å². The molecule has 1 aliphatic rings. The Kier molecular flexibility index (Phi) is 6.31. The minimum atomic E-state index is -0.373. The van der Waals surface area contributed by atoms with Gasteiger partial charge in [-0.2, -0.15) is 0 Å². The summed E-state index contributed by atoms with van der Waals surface area (Å²) in [5, 5.41) is 3.24. The number of para-hydroxylation sites is 1. The summed E-state index contributed by atoms with van der Waals surface area (Å²) in [6.45, 7) is 8.72. The Hall–Kier alpha value is -3.86. The second kappa shape index (κ2) is 9.33. The van der Waals surface area contributed by atoms with E-state index in [9.17, 15) is 9.59 Å². The number of carbonyl (C=O) groups is 2. The maximum absolute atomic E-state index is 13.6. The summed E-state index contributed by atoms with van der Waals surface area (Å²) in [5.74, 6) is 0.418. The van der Waals surface area contributed by atoms with Crippen molar-refractivity contribution < 1.29 is 14.3 Å². The SMILES string of the molecule is Cc1ccc(N2C(=O)C(Nc3ccccc3C)=C(c3ccc(OCC(C)C)cc3)C2=O)cc1. The van der Waals surface area contributed by atoms with E-state index in [0.717, 1.165) is 22.6 Å². The number of imide groups is 1. The molecule has 0 unspecified atom stereocenters. The highest BCUT2D eigenvalue weighted by molar-refractivity contribution is 6.46. The van der Waals surface area contributed by atoms with Gasteiger partial charge >= 0.3 is 0 Å². The number of aryl methyl sites for hydroxylation is 2. The predicted octanol–water partition coefficient (Wildman–Crippen LogP) is 5.73. The molecule has 1 aliphatic heterocycles. The highest BCUT2D eigenvalue weighted by atomic mass is 16.5. The third kappa shape index (κ3) is 4.67. The van der Waals surface area contributed by atoms with Gasteiger partial charge in [0.05, 0.1) is 17.9 Å². The molecule has 0 aliphatic carbocycles. The van der Waals surface area contributed by atoms with Gasteiger partial charge in [0.25, 0.3) is 11.8 Å². The molecule has 0 radical (unpaired) electrons. The first-order chi connectivity index (χ1) is 15.8. The van der Waals surface area contributed by atoms with Crippen molar-refractivity contribution in [3.05, 3.63) is 95.2 Å². The molecule has 2 amide bonds. The lowest BCUT2D eigenvalue weighted by molar-refractivity contribution is -0.120. The molecule has 0 saturated heterocycles. The molecule has 1 heterocycles. The van der Waals surface area contributed by atoms with Crippen LogP contribution in [0.3, 0.4) is 0 Å². The first kappa shape index (κ1) is 22.3. The molecule has 1 N–H and O–H groups in total. The van der Waals surface area contributed by atoms with Gasteiger partial charge in [-0.05, 0) is 61.2 Å². The van der Waals surface area contributed by atoms with Crippen molar-refractivity contribution in [2.75, 3.05) is 16.8 Å². The Labute approximate surface area is 194 Å². The number of nitrogens with one attached hydrogen (secondary N) is 1. The fraction of sp³-hybridized carbons (Fsp3) is 0.214. The maximum Gasteiger partial charge on any atom is 0.282 e. The number of carbonyl (C=O) groups excluding carboxylic acids is 2. The Morgan fingerprint density at radius 1 is 0.848 bits per heavy atom. The normalized spacial score (nSPS) is 13.8. The van der Waals surface area contributed by atoms with Crippen molar-refractivity contribution in [2.45, 2.75) is 27.7 Å². The van der Waals surface area contributed by atoms with E-state index in [1.54, 1.807) is 12.1 Å². The molecule has 0 atom stereocenters. The van der Waals surface area contributed by atoms with E-state index < -0.39 is 0 Å². The molecule has 5 heteroatoms. The third-order valence-electron chi connectivity index (χ3n) is 5.51. The summed E-state index contributed by atoms with van der Waals surface area (Å²) in [6.07, 6.45) is 0. The van der Waals surface area contributed by atoms with Crippen molar-refractivity contribution in [3.63, 3.8) is 0 Å². The first-order valence-electron chi connectivity index (χ1n) is 11.1. The summed E-state index contributed by atoms with van der Waals surface area (Å²) in [4.78, 5) is 28.3. The number of benzene rings is 3. The van der Waals surface area contributed by atoms with E-state index in [-0.39, 0.29) is 17.5 Å². The fourth-order valence-electron chi connectivity index (χ4n) is 3.67. The second-order valence-corrected chi connectivity index (χ2v) is 8.70. The molecule has 3 aromatic carbocycles. The smallest absolute Gasteiger partial charge is 0.282 e. The van der Waals surface area contributed by atoms with Crippen LogP contribution >= 0.6 is 0 Å². The van der Waals surface area contributed by atoms with Gasteiger partial charge in [-0.3, -0.25) is 9.59 Å². The highest BCUT2D eigenvalue weighted by Gasteiger charge is 2.40. The topological polar surface area (TPSA) is 58.6 Å². The van der Waals surface area contributed by atoms with Crippen LogP contribution in [0.4, 0.5) is 11.4 Å². The van der Waals surface area contributed by atoms with Crippen molar-refractivity contribution in [1.82, 2.24) is 0 Å². The molecule has 5 nitrogen and oxygen atoms in total. The van der Waals surface area contributed by atoms with Crippen LogP contribution < -0.4 is 15.0 Å². The van der Waals surface area contributed by atoms with Crippen LogP contribution in [0.15, 0.2) is 78.5 Å². The molecule has 0 saturated carbocycles. The summed E-state index contributed by atoms with van der Waals surface area (Å²) in [5.41, 5.74) is 4.65. The first-order valence-corrected chi connectivity index (χ1v) is 11.1. The lowest BCUT2D eigenvalue weighted by Gasteiger charge is -2.16. The van der Waals surface area contributed by atoms with E-state index in [2.05, 4.69) is 19.2 Å². The molecule has 3 aromatic rings. The van der Waals surface area contributed by atoms with Crippen molar-refractivity contribution in [1.29, 1.82) is 0 Å². The van der Waals surface area contributed by atoms with Gasteiger partial charge in [-0.25, -0.2) is 4.90 Å². The number of hydrogen-bond acceptors (Lipinski definition) is 4. The van der Waals surface area contributed by atoms with E-state index in [1.165, 1.54) is 4.90 Å². The van der Waals surface area contributed by atoms with Crippen molar-refractivity contribution in [2.24, 2.45) is 5.92 Å².